The van der Waals surface area contributed by atoms with Crippen molar-refractivity contribution in [2.45, 2.75) is 51.1 Å². The van der Waals surface area contributed by atoms with Crippen molar-refractivity contribution >= 4 is 43.7 Å². The molecule has 28 heavy (non-hydrogen) atoms. The molecule has 0 aromatic heterocycles. The van der Waals surface area contributed by atoms with Crippen LogP contribution in [0.3, 0.4) is 0 Å². The van der Waals surface area contributed by atoms with E-state index >= 15 is 0 Å². The van der Waals surface area contributed by atoms with Gasteiger partial charge in [-0.2, -0.15) is 0 Å². The van der Waals surface area contributed by atoms with Gasteiger partial charge in [0.05, 0.1) is 8.95 Å². The Hall–Kier alpha value is -1.12. The number of carbonyl (C=O) groups is 2. The summed E-state index contributed by atoms with van der Waals surface area (Å²) >= 11 is 6.66. The van der Waals surface area contributed by atoms with Gasteiger partial charge >= 0.3 is 5.97 Å². The van der Waals surface area contributed by atoms with Gasteiger partial charge in [0.2, 0.25) is 5.91 Å². The second-order valence-corrected chi connectivity index (χ2v) is 9.51. The number of carbonyl (C=O) groups excluding carboxylic acids is 1. The van der Waals surface area contributed by atoms with Crippen LogP contribution in [0.2, 0.25) is 0 Å². The van der Waals surface area contributed by atoms with Gasteiger partial charge in [0, 0.05) is 25.0 Å². The van der Waals surface area contributed by atoms with Gasteiger partial charge in [-0.25, -0.2) is 0 Å². The Balaban J connectivity index is 1.55. The van der Waals surface area contributed by atoms with Crippen molar-refractivity contribution in [3.05, 3.63) is 26.6 Å². The summed E-state index contributed by atoms with van der Waals surface area (Å²) in [6.45, 7) is 4.14. The van der Waals surface area contributed by atoms with E-state index in [0.29, 0.717) is 28.5 Å². The van der Waals surface area contributed by atoms with Crippen molar-refractivity contribution in [3.63, 3.8) is 0 Å². The number of hydrogen-bond donors (Lipinski definition) is 2. The molecule has 2 aliphatic rings. The molecule has 2 N–H and O–H groups in total. The van der Waals surface area contributed by atoms with Crippen molar-refractivity contribution < 1.29 is 19.8 Å². The van der Waals surface area contributed by atoms with E-state index in [2.05, 4.69) is 36.8 Å². The number of hydrogen-bond acceptors (Lipinski definition) is 4. The zero-order chi connectivity index (χ0) is 20.4. The summed E-state index contributed by atoms with van der Waals surface area (Å²) < 4.78 is 1.21. The number of phenols is 1. The molecule has 154 valence electrons. The summed E-state index contributed by atoms with van der Waals surface area (Å²) in [5.74, 6) is -0.587. The van der Waals surface area contributed by atoms with Crippen LogP contribution in [-0.4, -0.2) is 63.6 Å². The minimum Gasteiger partial charge on any atom is -0.506 e. The largest absolute Gasteiger partial charge is 0.506 e. The second-order valence-electron chi connectivity index (χ2n) is 7.80. The number of carboxylic acids is 1. The van der Waals surface area contributed by atoms with Gasteiger partial charge in [0.25, 0.3) is 0 Å². The molecule has 0 saturated carbocycles. The fraction of sp³-hybridized carbons (Fsp3) is 0.600. The van der Waals surface area contributed by atoms with E-state index in [1.807, 2.05) is 24.0 Å². The lowest BCUT2D eigenvalue weighted by Crippen LogP contribution is -2.50. The third-order valence-electron chi connectivity index (χ3n) is 5.86. The number of phenolic OH excluding ortho intramolecular Hbond substituents is 1. The van der Waals surface area contributed by atoms with Gasteiger partial charge in [-0.3, -0.25) is 14.5 Å². The maximum absolute atomic E-state index is 12.9. The zero-order valence-electron chi connectivity index (χ0n) is 15.9. The minimum atomic E-state index is -0.726. The third-order valence-corrected chi connectivity index (χ3v) is 7.07. The lowest BCUT2D eigenvalue weighted by molar-refractivity contribution is -0.144. The first-order valence-electron chi connectivity index (χ1n) is 9.72. The Bertz CT molecular complexity index is 727. The zero-order valence-corrected chi connectivity index (χ0v) is 19.1. The molecule has 3 rings (SSSR count). The first-order valence-corrected chi connectivity index (χ1v) is 11.3. The number of benzene rings is 1. The molecule has 2 aliphatic heterocycles. The van der Waals surface area contributed by atoms with Crippen molar-refractivity contribution in [1.82, 2.24) is 9.80 Å². The van der Waals surface area contributed by atoms with Crippen LogP contribution in [0.15, 0.2) is 21.1 Å². The van der Waals surface area contributed by atoms with E-state index in [-0.39, 0.29) is 29.7 Å². The average molecular weight is 518 g/mol. The van der Waals surface area contributed by atoms with Crippen LogP contribution in [-0.2, 0) is 16.0 Å². The van der Waals surface area contributed by atoms with Gasteiger partial charge in [-0.05, 0) is 88.2 Å². The number of nitrogens with zero attached hydrogens (tertiary/aromatic N) is 2. The number of aliphatic carboxylic acids is 1. The fourth-order valence-corrected chi connectivity index (χ4v) is 5.68. The molecule has 1 amide bonds. The van der Waals surface area contributed by atoms with Gasteiger partial charge in [0.1, 0.15) is 11.8 Å². The summed E-state index contributed by atoms with van der Waals surface area (Å²) in [7, 11) is 0. The van der Waals surface area contributed by atoms with Crippen LogP contribution < -0.4 is 0 Å². The molecule has 0 bridgehead atoms. The molecule has 0 spiro atoms. The maximum Gasteiger partial charge on any atom is 0.320 e. The highest BCUT2D eigenvalue weighted by Crippen LogP contribution is 2.34. The summed E-state index contributed by atoms with van der Waals surface area (Å²) in [4.78, 5) is 28.4. The van der Waals surface area contributed by atoms with Crippen molar-refractivity contribution in [1.29, 1.82) is 0 Å². The molecule has 0 unspecified atom stereocenters. The Labute approximate surface area is 182 Å². The molecular formula is C20H26Br2N2O4. The smallest absolute Gasteiger partial charge is 0.320 e. The van der Waals surface area contributed by atoms with Crippen LogP contribution in [0.25, 0.3) is 0 Å². The fourth-order valence-electron chi connectivity index (χ4n) is 4.40. The number of amides is 1. The first kappa shape index (κ1) is 21.6. The normalized spacial score (nSPS) is 22.4. The molecule has 6 nitrogen and oxygen atoms in total. The van der Waals surface area contributed by atoms with Crippen molar-refractivity contribution in [3.8, 4) is 5.75 Å². The van der Waals surface area contributed by atoms with Crippen LogP contribution in [0, 0.1) is 5.92 Å². The molecule has 2 atom stereocenters. The summed E-state index contributed by atoms with van der Waals surface area (Å²) in [5.41, 5.74) is 0.980. The number of carboxylic acid groups (broad SMARTS) is 1. The number of rotatable bonds is 5. The van der Waals surface area contributed by atoms with Crippen LogP contribution >= 0.6 is 31.9 Å². The number of piperidine rings is 1. The Morgan fingerprint density at radius 3 is 2.32 bits per heavy atom. The number of likely N-dealkylation sites (tertiary alicyclic amines) is 2. The topological polar surface area (TPSA) is 81.1 Å². The summed E-state index contributed by atoms with van der Waals surface area (Å²) in [6, 6.07) is 3.58. The first-order chi connectivity index (χ1) is 13.3. The number of aromatic hydroxyl groups is 1. The predicted molar refractivity (Wildman–Crippen MR) is 113 cm³/mol. The molecule has 2 heterocycles. The van der Waals surface area contributed by atoms with E-state index in [1.54, 1.807) is 0 Å². The number of halogens is 2. The molecule has 2 saturated heterocycles. The highest BCUT2D eigenvalue weighted by Gasteiger charge is 2.37. The maximum atomic E-state index is 12.9. The third kappa shape index (κ3) is 4.71. The van der Waals surface area contributed by atoms with Crippen molar-refractivity contribution in [2.24, 2.45) is 5.92 Å². The molecule has 0 aliphatic carbocycles. The minimum absolute atomic E-state index is 0.134. The molecule has 8 heteroatoms. The van der Waals surface area contributed by atoms with E-state index in [4.69, 9.17) is 0 Å². The van der Waals surface area contributed by atoms with E-state index < -0.39 is 5.97 Å². The van der Waals surface area contributed by atoms with Crippen LogP contribution in [0.4, 0.5) is 0 Å². The highest BCUT2D eigenvalue weighted by molar-refractivity contribution is 9.11. The quantitative estimate of drug-likeness (QED) is 0.623. The van der Waals surface area contributed by atoms with E-state index in [0.717, 1.165) is 37.8 Å². The van der Waals surface area contributed by atoms with E-state index in [9.17, 15) is 19.8 Å². The molecule has 2 fully saturated rings. The Morgan fingerprint density at radius 1 is 1.14 bits per heavy atom. The molecule has 1 aromatic carbocycles. The molecule has 1 aromatic rings. The second kappa shape index (κ2) is 9.13. The highest BCUT2D eigenvalue weighted by atomic mass is 79.9. The standard InChI is InChI=1S/C20H26Br2N2O4/c1-12(9-13-10-15(21)18(25)16(22)11-13)19(26)23-7-4-14(5-8-23)24-6-2-3-17(24)20(27)28/h10-12,14,17,25H,2-9H2,1H3,(H,27,28)/t12-,17+/m1/s1. The van der Waals surface area contributed by atoms with Gasteiger partial charge in [0.15, 0.2) is 0 Å². The monoisotopic (exact) mass is 516 g/mol. The molecular weight excluding hydrogens is 492 g/mol. The summed E-state index contributed by atoms with van der Waals surface area (Å²) in [6.07, 6.45) is 3.93. The van der Waals surface area contributed by atoms with Gasteiger partial charge in [-0.1, -0.05) is 6.92 Å². The van der Waals surface area contributed by atoms with Crippen LogP contribution in [0.5, 0.6) is 5.75 Å². The Morgan fingerprint density at radius 2 is 1.75 bits per heavy atom. The lowest BCUT2D eigenvalue weighted by atomic mass is 9.97. The van der Waals surface area contributed by atoms with E-state index in [1.165, 1.54) is 0 Å². The van der Waals surface area contributed by atoms with Crippen molar-refractivity contribution in [2.75, 3.05) is 19.6 Å². The molecule has 0 radical (unpaired) electrons. The SMILES string of the molecule is C[C@H](Cc1cc(Br)c(O)c(Br)c1)C(=O)N1CCC(N2CCC[C@H]2C(=O)O)CC1. The summed E-state index contributed by atoms with van der Waals surface area (Å²) in [5, 5.41) is 19.2. The van der Waals surface area contributed by atoms with Gasteiger partial charge < -0.3 is 15.1 Å². The lowest BCUT2D eigenvalue weighted by Gasteiger charge is -2.39. The van der Waals surface area contributed by atoms with Gasteiger partial charge in [-0.15, -0.1) is 0 Å². The Kier molecular flexibility index (Phi) is 7.04. The average Bonchev–Trinajstić information content (AvgIpc) is 3.15. The predicted octanol–water partition coefficient (Wildman–Crippen LogP) is 3.64. The van der Waals surface area contributed by atoms with Crippen LogP contribution in [0.1, 0.15) is 38.2 Å².